The minimum absolute atomic E-state index is 0.112. The Bertz CT molecular complexity index is 1390. The van der Waals surface area contributed by atoms with Crippen molar-refractivity contribution in [2.75, 3.05) is 12.0 Å². The second-order valence-electron chi connectivity index (χ2n) is 9.05. The summed E-state index contributed by atoms with van der Waals surface area (Å²) in [5.41, 5.74) is 4.66. The van der Waals surface area contributed by atoms with Gasteiger partial charge in [-0.15, -0.1) is 0 Å². The molecule has 0 aliphatic carbocycles. The summed E-state index contributed by atoms with van der Waals surface area (Å²) in [6.07, 6.45) is -1.55. The average molecular weight is 494 g/mol. The molecule has 3 atom stereocenters. The molecule has 0 spiro atoms. The minimum Gasteiger partial charge on any atom is -0.469 e. The molecule has 0 saturated carbocycles. The molecule has 4 aromatic rings. The van der Waals surface area contributed by atoms with Crippen LogP contribution in [-0.4, -0.2) is 29.1 Å². The molecule has 37 heavy (non-hydrogen) atoms. The van der Waals surface area contributed by atoms with Gasteiger partial charge < -0.3 is 19.8 Å². The van der Waals surface area contributed by atoms with E-state index in [0.717, 1.165) is 5.56 Å². The fraction of sp³-hybridized carbons (Fsp3) is 0.161. The van der Waals surface area contributed by atoms with E-state index < -0.39 is 24.3 Å². The maximum absolute atomic E-state index is 13.0. The van der Waals surface area contributed by atoms with Gasteiger partial charge in [0.05, 0.1) is 13.0 Å². The van der Waals surface area contributed by atoms with Crippen LogP contribution in [0.3, 0.4) is 0 Å². The van der Waals surface area contributed by atoms with Crippen LogP contribution in [0.5, 0.6) is 0 Å². The van der Waals surface area contributed by atoms with Crippen LogP contribution in [0.1, 0.15) is 56.5 Å². The van der Waals surface area contributed by atoms with Crippen molar-refractivity contribution >= 4 is 17.4 Å². The molecule has 0 bridgehead atoms. The Hall–Kier alpha value is -4.26. The Labute approximate surface area is 215 Å². The lowest BCUT2D eigenvalue weighted by atomic mass is 9.89. The van der Waals surface area contributed by atoms with E-state index in [0.29, 0.717) is 39.9 Å². The minimum atomic E-state index is -0.954. The van der Waals surface area contributed by atoms with Gasteiger partial charge in [-0.1, -0.05) is 84.9 Å². The summed E-state index contributed by atoms with van der Waals surface area (Å²) in [5, 5.41) is 21.5. The van der Waals surface area contributed by atoms with Crippen LogP contribution in [0.25, 0.3) is 0 Å². The molecule has 6 nitrogen and oxygen atoms in total. The Morgan fingerprint density at radius 1 is 0.784 bits per heavy atom. The number of nitrogens with zero attached hydrogens (tertiary/aromatic N) is 1. The quantitative estimate of drug-likeness (QED) is 0.281. The van der Waals surface area contributed by atoms with Crippen LogP contribution in [0.2, 0.25) is 0 Å². The van der Waals surface area contributed by atoms with E-state index in [-0.39, 0.29) is 5.78 Å². The third-order valence-electron chi connectivity index (χ3n) is 6.83. The van der Waals surface area contributed by atoms with Crippen molar-refractivity contribution < 1.29 is 24.5 Å². The van der Waals surface area contributed by atoms with Crippen LogP contribution >= 0.6 is 0 Å². The van der Waals surface area contributed by atoms with Gasteiger partial charge in [-0.3, -0.25) is 9.59 Å². The zero-order valence-corrected chi connectivity index (χ0v) is 20.3. The summed E-state index contributed by atoms with van der Waals surface area (Å²) in [7, 11) is 1.35. The van der Waals surface area contributed by atoms with E-state index in [4.69, 9.17) is 4.74 Å². The van der Waals surface area contributed by atoms with Crippen LogP contribution < -0.4 is 4.90 Å². The highest BCUT2D eigenvalue weighted by atomic mass is 16.5. The highest BCUT2D eigenvalue weighted by Crippen LogP contribution is 2.42. The van der Waals surface area contributed by atoms with Gasteiger partial charge in [-0.05, 0) is 35.7 Å². The van der Waals surface area contributed by atoms with Crippen LogP contribution in [0.15, 0.2) is 103 Å². The maximum Gasteiger partial charge on any atom is 0.313 e. The van der Waals surface area contributed by atoms with E-state index in [1.807, 2.05) is 60.7 Å². The topological polar surface area (TPSA) is 87.1 Å². The number of aliphatic hydroxyl groups excluding tert-OH is 2. The SMILES string of the molecule is COC(=O)C(Cc1ccc(N2C(O)c3ccccc3C2O)cc1)c1cccc(C(=O)c2ccccc2)c1. The van der Waals surface area contributed by atoms with Crippen LogP contribution in [0.4, 0.5) is 5.69 Å². The summed E-state index contributed by atoms with van der Waals surface area (Å²) in [4.78, 5) is 27.3. The number of fused-ring (bicyclic) bond motifs is 1. The molecule has 0 amide bonds. The molecule has 0 saturated heterocycles. The number of carbonyl (C=O) groups is 2. The molecule has 4 aromatic carbocycles. The fourth-order valence-corrected chi connectivity index (χ4v) is 4.87. The number of rotatable bonds is 7. The van der Waals surface area contributed by atoms with Gasteiger partial charge in [0.15, 0.2) is 18.2 Å². The zero-order chi connectivity index (χ0) is 25.9. The number of anilines is 1. The number of ketones is 1. The molecular formula is C31H27NO5. The number of carbonyl (C=O) groups excluding carboxylic acids is 2. The van der Waals surface area contributed by atoms with Crippen molar-refractivity contribution in [3.05, 3.63) is 137 Å². The monoisotopic (exact) mass is 493 g/mol. The predicted octanol–water partition coefficient (Wildman–Crippen LogP) is 4.92. The number of ether oxygens (including phenoxy) is 1. The summed E-state index contributed by atoms with van der Waals surface area (Å²) < 4.78 is 5.09. The molecule has 5 rings (SSSR count). The molecule has 1 heterocycles. The third-order valence-corrected chi connectivity index (χ3v) is 6.83. The van der Waals surface area contributed by atoms with E-state index in [1.54, 1.807) is 47.4 Å². The standard InChI is InChI=1S/C31H27NO5/c1-37-31(36)27(22-10-7-11-23(19-22)28(33)21-8-3-2-4-9-21)18-20-14-16-24(17-15-20)32-29(34)25-12-5-6-13-26(25)30(32)35/h2-17,19,27,29-30,34-35H,18H2,1H3. The molecule has 0 radical (unpaired) electrons. The lowest BCUT2D eigenvalue weighted by molar-refractivity contribution is -0.142. The van der Waals surface area contributed by atoms with E-state index in [9.17, 15) is 19.8 Å². The van der Waals surface area contributed by atoms with Gasteiger partial charge in [-0.2, -0.15) is 0 Å². The number of aliphatic hydroxyl groups is 2. The number of benzene rings is 4. The lowest BCUT2D eigenvalue weighted by Gasteiger charge is -2.27. The number of hydrogen-bond donors (Lipinski definition) is 2. The van der Waals surface area contributed by atoms with Crippen molar-refractivity contribution in [1.82, 2.24) is 0 Å². The van der Waals surface area contributed by atoms with Gasteiger partial charge in [-0.25, -0.2) is 0 Å². The lowest BCUT2D eigenvalue weighted by Crippen LogP contribution is -2.25. The summed E-state index contributed by atoms with van der Waals surface area (Å²) in [5.74, 6) is -1.11. The van der Waals surface area contributed by atoms with Gasteiger partial charge in [0, 0.05) is 27.9 Å². The molecule has 1 aliphatic heterocycles. The third kappa shape index (κ3) is 4.77. The second kappa shape index (κ2) is 10.4. The largest absolute Gasteiger partial charge is 0.469 e. The van der Waals surface area contributed by atoms with Gasteiger partial charge >= 0.3 is 5.97 Å². The van der Waals surface area contributed by atoms with Crippen molar-refractivity contribution in [3.8, 4) is 0 Å². The molecular weight excluding hydrogens is 466 g/mol. The first-order valence-corrected chi connectivity index (χ1v) is 12.1. The van der Waals surface area contributed by atoms with Crippen molar-refractivity contribution in [1.29, 1.82) is 0 Å². The summed E-state index contributed by atoms with van der Waals surface area (Å²) in [6, 6.07) is 30.7. The second-order valence-corrected chi connectivity index (χ2v) is 9.05. The summed E-state index contributed by atoms with van der Waals surface area (Å²) >= 11 is 0. The average Bonchev–Trinajstić information content (AvgIpc) is 3.21. The zero-order valence-electron chi connectivity index (χ0n) is 20.3. The predicted molar refractivity (Wildman–Crippen MR) is 140 cm³/mol. The van der Waals surface area contributed by atoms with E-state index in [2.05, 4.69) is 0 Å². The number of methoxy groups -OCH3 is 1. The van der Waals surface area contributed by atoms with Crippen molar-refractivity contribution in [2.24, 2.45) is 0 Å². The number of esters is 1. The van der Waals surface area contributed by atoms with E-state index >= 15 is 0 Å². The first-order valence-electron chi connectivity index (χ1n) is 12.1. The Kier molecular flexibility index (Phi) is 6.86. The molecule has 0 aromatic heterocycles. The van der Waals surface area contributed by atoms with Gasteiger partial charge in [0.1, 0.15) is 0 Å². The van der Waals surface area contributed by atoms with Crippen LogP contribution in [0, 0.1) is 0 Å². The van der Waals surface area contributed by atoms with Crippen molar-refractivity contribution in [2.45, 2.75) is 24.8 Å². The van der Waals surface area contributed by atoms with E-state index in [1.165, 1.54) is 7.11 Å². The molecule has 0 fully saturated rings. The van der Waals surface area contributed by atoms with Crippen LogP contribution in [-0.2, 0) is 16.0 Å². The smallest absolute Gasteiger partial charge is 0.313 e. The maximum atomic E-state index is 13.0. The Morgan fingerprint density at radius 3 is 2.00 bits per heavy atom. The highest BCUT2D eigenvalue weighted by Gasteiger charge is 2.36. The molecule has 1 aliphatic rings. The molecule has 2 N–H and O–H groups in total. The fourth-order valence-electron chi connectivity index (χ4n) is 4.87. The number of hydrogen-bond acceptors (Lipinski definition) is 6. The first-order chi connectivity index (χ1) is 18.0. The van der Waals surface area contributed by atoms with Crippen molar-refractivity contribution in [3.63, 3.8) is 0 Å². The molecule has 3 unspecified atom stereocenters. The normalized spacial score (nSPS) is 17.2. The Balaban J connectivity index is 1.38. The Morgan fingerprint density at radius 2 is 1.38 bits per heavy atom. The summed E-state index contributed by atoms with van der Waals surface area (Å²) in [6.45, 7) is 0. The highest BCUT2D eigenvalue weighted by molar-refractivity contribution is 6.09. The molecule has 186 valence electrons. The van der Waals surface area contributed by atoms with Gasteiger partial charge in [0.25, 0.3) is 0 Å². The molecule has 6 heteroatoms. The first kappa shape index (κ1) is 24.4. The van der Waals surface area contributed by atoms with Gasteiger partial charge in [0.2, 0.25) is 0 Å².